The summed E-state index contributed by atoms with van der Waals surface area (Å²) in [4.78, 5) is 40.7. The number of ether oxygens (including phenoxy) is 1. The largest absolute Gasteiger partial charge is 0.554 e. The van der Waals surface area contributed by atoms with Gasteiger partial charge in [-0.2, -0.15) is 23.5 Å². The van der Waals surface area contributed by atoms with Crippen LogP contribution in [0.5, 0.6) is 0 Å². The lowest BCUT2D eigenvalue weighted by molar-refractivity contribution is -0.904. The van der Waals surface area contributed by atoms with Crippen molar-refractivity contribution in [2.24, 2.45) is 7.05 Å². The maximum atomic E-state index is 13.6. The van der Waals surface area contributed by atoms with E-state index < -0.39 is 35.9 Å². The van der Waals surface area contributed by atoms with Crippen molar-refractivity contribution >= 4 is 24.1 Å². The number of esters is 1. The molecule has 0 amide bonds. The van der Waals surface area contributed by atoms with Crippen LogP contribution in [0.3, 0.4) is 0 Å². The summed E-state index contributed by atoms with van der Waals surface area (Å²) in [6.07, 6.45) is -2.70. The van der Waals surface area contributed by atoms with Gasteiger partial charge in [0.15, 0.2) is 5.82 Å². The minimum atomic E-state index is -4.63. The van der Waals surface area contributed by atoms with Gasteiger partial charge in [-0.15, -0.1) is 5.10 Å². The summed E-state index contributed by atoms with van der Waals surface area (Å²) in [7, 11) is 7.05. The molecule has 0 aliphatic carbocycles. The number of nitrogens with one attached hydrogen (secondary N) is 1. The predicted molar refractivity (Wildman–Crippen MR) is 162 cm³/mol. The van der Waals surface area contributed by atoms with Crippen LogP contribution in [0.25, 0.3) is 0 Å². The third kappa shape index (κ3) is 7.13. The number of hydrogen-bond donors (Lipinski definition) is 1. The lowest BCUT2D eigenvalue weighted by Crippen LogP contribution is -2.42. The third-order valence-corrected chi connectivity index (χ3v) is 7.91. The molecule has 2 aromatic heterocycles. The fraction of sp³-hybridized carbons (Fsp3) is 0.323. The number of quaternary nitrogens is 1. The summed E-state index contributed by atoms with van der Waals surface area (Å²) in [5.74, 6) is -0.000741. The van der Waals surface area contributed by atoms with Gasteiger partial charge in [-0.3, -0.25) is 4.90 Å². The monoisotopic (exact) mass is 667 g/mol. The minimum absolute atomic E-state index is 0.0109. The molecule has 252 valence electrons. The van der Waals surface area contributed by atoms with Crippen molar-refractivity contribution in [1.29, 1.82) is 5.26 Å². The molecule has 1 aliphatic heterocycles. The summed E-state index contributed by atoms with van der Waals surface area (Å²) in [5.41, 5.74) is 0.338. The second-order valence-corrected chi connectivity index (χ2v) is 11.5. The van der Waals surface area contributed by atoms with Gasteiger partial charge in [0.2, 0.25) is 5.95 Å². The van der Waals surface area contributed by atoms with Gasteiger partial charge in [0.05, 0.1) is 50.5 Å². The van der Waals surface area contributed by atoms with Crippen molar-refractivity contribution < 1.29 is 37.1 Å². The molecule has 5 rings (SSSR count). The number of benzene rings is 2. The van der Waals surface area contributed by atoms with Gasteiger partial charge in [-0.25, -0.2) is 28.9 Å². The van der Waals surface area contributed by atoms with Gasteiger partial charge >= 0.3 is 17.8 Å². The van der Waals surface area contributed by atoms with Crippen LogP contribution >= 0.6 is 0 Å². The summed E-state index contributed by atoms with van der Waals surface area (Å²) in [6.45, 7) is 2.21. The molecule has 0 saturated heterocycles. The zero-order valence-corrected chi connectivity index (χ0v) is 26.6. The van der Waals surface area contributed by atoms with Crippen LogP contribution in [0, 0.1) is 11.3 Å². The van der Waals surface area contributed by atoms with Crippen LogP contribution in [0.1, 0.15) is 41.0 Å². The Morgan fingerprint density at radius 2 is 1.94 bits per heavy atom. The molecular formula is C31H32F3N9O5. The van der Waals surface area contributed by atoms with Crippen LogP contribution in [-0.2, 0) is 40.5 Å². The third-order valence-electron chi connectivity index (χ3n) is 7.91. The van der Waals surface area contributed by atoms with E-state index in [4.69, 9.17) is 14.6 Å². The number of allylic oxidation sites excluding steroid dienone is 1. The summed E-state index contributed by atoms with van der Waals surface area (Å²) in [6, 6.07) is 10.6. The molecule has 17 heteroatoms. The molecular weight excluding hydrogens is 635 g/mol. The zero-order valence-electron chi connectivity index (χ0n) is 26.6. The highest BCUT2D eigenvalue weighted by molar-refractivity contribution is 5.93. The summed E-state index contributed by atoms with van der Waals surface area (Å²) >= 11 is 0. The average molecular weight is 668 g/mol. The van der Waals surface area contributed by atoms with Gasteiger partial charge < -0.3 is 19.1 Å². The molecule has 0 radical (unpaired) electrons. The smallest absolute Gasteiger partial charge is 0.416 e. The first-order chi connectivity index (χ1) is 22.7. The molecule has 1 aliphatic rings. The van der Waals surface area contributed by atoms with E-state index in [1.807, 2.05) is 21.1 Å². The molecule has 1 N–H and O–H groups in total. The summed E-state index contributed by atoms with van der Waals surface area (Å²) in [5, 5.41) is 28.7. The van der Waals surface area contributed by atoms with Gasteiger partial charge in [-0.05, 0) is 48.4 Å². The van der Waals surface area contributed by atoms with Crippen LogP contribution in [0.15, 0.2) is 64.9 Å². The Morgan fingerprint density at radius 3 is 2.54 bits per heavy atom. The Balaban J connectivity index is 0.00000167. The van der Waals surface area contributed by atoms with Gasteiger partial charge in [0, 0.05) is 31.3 Å². The SMILES string of the molecule is COC(=O)C1=C(C)N(c2cccc(C(F)(F)F)c2)c2n[nH]c(=O)n2[C@@H]1c1ccc(C#N)cc1CC[N+](C)(C)Cc1ncnn1C.O=C[O-]. The lowest BCUT2D eigenvalue weighted by Gasteiger charge is -2.36. The predicted octanol–water partition coefficient (Wildman–Crippen LogP) is 1.96. The number of methoxy groups -OCH3 is 1. The number of aromatic amines is 1. The van der Waals surface area contributed by atoms with Gasteiger partial charge in [0.1, 0.15) is 18.9 Å². The van der Waals surface area contributed by atoms with Gasteiger partial charge in [0.25, 0.3) is 0 Å². The highest BCUT2D eigenvalue weighted by Gasteiger charge is 2.41. The van der Waals surface area contributed by atoms with E-state index in [9.17, 15) is 28.0 Å². The van der Waals surface area contributed by atoms with Crippen molar-refractivity contribution in [3.05, 3.63) is 98.6 Å². The van der Waals surface area contributed by atoms with Crippen LogP contribution < -0.4 is 15.7 Å². The minimum Gasteiger partial charge on any atom is -0.554 e. The first-order valence-corrected chi connectivity index (χ1v) is 14.3. The van der Waals surface area contributed by atoms with E-state index in [1.54, 1.807) is 29.8 Å². The molecule has 4 aromatic rings. The normalized spacial score (nSPS) is 14.5. The number of H-pyrrole nitrogens is 1. The van der Waals surface area contributed by atoms with Crippen molar-refractivity contribution in [1.82, 2.24) is 29.5 Å². The number of anilines is 2. The number of carboxylic acid groups (broad SMARTS) is 1. The number of aryl methyl sites for hydroxylation is 1. The fourth-order valence-electron chi connectivity index (χ4n) is 5.59. The Morgan fingerprint density at radius 1 is 1.23 bits per heavy atom. The first kappa shape index (κ1) is 35.1. The van der Waals surface area contributed by atoms with E-state index in [0.29, 0.717) is 40.7 Å². The maximum Gasteiger partial charge on any atom is 0.416 e. The zero-order chi connectivity index (χ0) is 35.4. The Kier molecular flexibility index (Phi) is 10.2. The highest BCUT2D eigenvalue weighted by Crippen LogP contribution is 2.43. The number of nitrogens with zero attached hydrogens (tertiary/aromatic N) is 8. The van der Waals surface area contributed by atoms with Crippen molar-refractivity contribution in [2.45, 2.75) is 32.1 Å². The lowest BCUT2D eigenvalue weighted by atomic mass is 9.89. The molecule has 3 heterocycles. The van der Waals surface area contributed by atoms with Gasteiger partial charge in [-0.1, -0.05) is 12.1 Å². The fourth-order valence-corrected chi connectivity index (χ4v) is 5.59. The molecule has 14 nitrogen and oxygen atoms in total. The maximum absolute atomic E-state index is 13.6. The van der Waals surface area contributed by atoms with E-state index in [0.717, 1.165) is 18.0 Å². The van der Waals surface area contributed by atoms with Crippen LogP contribution in [0.2, 0.25) is 0 Å². The van der Waals surface area contributed by atoms with E-state index in [-0.39, 0.29) is 22.9 Å². The molecule has 0 spiro atoms. The molecule has 0 unspecified atom stereocenters. The number of rotatable bonds is 8. The van der Waals surface area contributed by atoms with E-state index in [1.165, 1.54) is 35.0 Å². The molecule has 0 fully saturated rings. The summed E-state index contributed by atoms with van der Waals surface area (Å²) < 4.78 is 49.5. The van der Waals surface area contributed by atoms with Crippen molar-refractivity contribution in [2.75, 3.05) is 32.6 Å². The number of likely N-dealkylation sites (N-methyl/N-ethyl adjacent to an activating group) is 1. The molecule has 48 heavy (non-hydrogen) atoms. The number of aromatic nitrogens is 6. The number of hydrogen-bond acceptors (Lipinski definition) is 10. The van der Waals surface area contributed by atoms with Crippen molar-refractivity contribution in [3.63, 3.8) is 0 Å². The topological polar surface area (TPSA) is 175 Å². The van der Waals surface area contributed by atoms with Crippen LogP contribution in [-0.4, -0.2) is 74.2 Å². The number of halogens is 3. The Bertz CT molecular complexity index is 1950. The van der Waals surface area contributed by atoms with Crippen molar-refractivity contribution in [3.8, 4) is 6.07 Å². The number of nitriles is 1. The molecule has 0 bridgehead atoms. The Labute approximate surface area is 272 Å². The number of alkyl halides is 3. The molecule has 0 saturated carbocycles. The van der Waals surface area contributed by atoms with E-state index >= 15 is 0 Å². The second-order valence-electron chi connectivity index (χ2n) is 11.5. The quantitative estimate of drug-likeness (QED) is 0.166. The Hall–Kier alpha value is -5.76. The average Bonchev–Trinajstić information content (AvgIpc) is 3.62. The molecule has 2 aromatic carbocycles. The highest BCUT2D eigenvalue weighted by atomic mass is 19.4. The molecule has 1 atom stereocenters. The first-order valence-electron chi connectivity index (χ1n) is 14.3. The second kappa shape index (κ2) is 13.9. The standard InChI is InChI=1S/C30H30F3N9O3.CH2O2/c1-18-25(27(43)45-5)26(41-28(37-38-29(41)44)40(18)22-8-6-7-21(14-22)30(31,32)33)23-10-9-19(15-34)13-20(23)11-12-42(3,4)16-24-35-17-36-39(24)2;2-1-3/h6-10,13-14,17,26H,11-12,16H2,1-5H3;1H,(H,2,3)/t26-;/m1./s1. The van der Waals surface area contributed by atoms with Crippen LogP contribution in [0.4, 0.5) is 24.8 Å². The number of fused-ring (bicyclic) bond motifs is 1. The number of carbonyl (C=O) groups excluding carboxylic acids is 2. The van der Waals surface area contributed by atoms with E-state index in [2.05, 4.69) is 26.3 Å². The number of carbonyl (C=O) groups is 2.